The van der Waals surface area contributed by atoms with Gasteiger partial charge in [-0.2, -0.15) is 0 Å². The van der Waals surface area contributed by atoms with Gasteiger partial charge in [0.25, 0.3) is 0 Å². The van der Waals surface area contributed by atoms with Crippen LogP contribution in [0.15, 0.2) is 34.9 Å². The Morgan fingerprint density at radius 1 is 1.29 bits per heavy atom. The number of nitrogens with one attached hydrogen (secondary N) is 1. The van der Waals surface area contributed by atoms with Gasteiger partial charge in [0.05, 0.1) is 18.8 Å². The molecule has 1 unspecified atom stereocenters. The zero-order valence-corrected chi connectivity index (χ0v) is 14.5. The van der Waals surface area contributed by atoms with E-state index in [2.05, 4.69) is 59.1 Å². The minimum absolute atomic E-state index is 0.0650. The lowest BCUT2D eigenvalue weighted by atomic mass is 9.95. The normalized spacial score (nSPS) is 12.2. The molecule has 4 heteroatoms. The summed E-state index contributed by atoms with van der Waals surface area (Å²) in [6, 6.07) is 8.30. The van der Waals surface area contributed by atoms with Gasteiger partial charge in [0, 0.05) is 10.7 Å². The fourth-order valence-corrected chi connectivity index (χ4v) is 3.00. The molecule has 3 nitrogen and oxygen atoms in total. The number of nitrogens with zero attached hydrogens (tertiary/aromatic N) is 1. The molecule has 0 radical (unpaired) electrons. The van der Waals surface area contributed by atoms with Crippen LogP contribution in [0.2, 0.25) is 0 Å². The van der Waals surface area contributed by atoms with Gasteiger partial charge in [-0.05, 0) is 71.2 Å². The van der Waals surface area contributed by atoms with Gasteiger partial charge >= 0.3 is 0 Å². The van der Waals surface area contributed by atoms with E-state index >= 15 is 0 Å². The zero-order chi connectivity index (χ0) is 15.4. The van der Waals surface area contributed by atoms with E-state index in [-0.39, 0.29) is 6.04 Å². The molecule has 1 heterocycles. The van der Waals surface area contributed by atoms with E-state index < -0.39 is 0 Å². The predicted octanol–water partition coefficient (Wildman–Crippen LogP) is 4.17. The average molecular weight is 349 g/mol. The highest BCUT2D eigenvalue weighted by atomic mass is 79.9. The second kappa shape index (κ2) is 7.05. The fourth-order valence-electron chi connectivity index (χ4n) is 2.51. The molecule has 0 spiro atoms. The van der Waals surface area contributed by atoms with Gasteiger partial charge in [0.15, 0.2) is 0 Å². The molecule has 2 aromatic rings. The second-order valence-corrected chi connectivity index (χ2v) is 5.89. The maximum absolute atomic E-state index is 5.40. The molecule has 21 heavy (non-hydrogen) atoms. The molecule has 2 rings (SSSR count). The molecule has 0 saturated heterocycles. The summed E-state index contributed by atoms with van der Waals surface area (Å²) in [4.78, 5) is 4.55. The van der Waals surface area contributed by atoms with Crippen LogP contribution in [0.25, 0.3) is 0 Å². The highest BCUT2D eigenvalue weighted by Crippen LogP contribution is 2.32. The molecule has 0 amide bonds. The van der Waals surface area contributed by atoms with Crippen molar-refractivity contribution in [3.8, 4) is 5.75 Å². The van der Waals surface area contributed by atoms with Crippen molar-refractivity contribution >= 4 is 15.9 Å². The van der Waals surface area contributed by atoms with Crippen molar-refractivity contribution in [2.75, 3.05) is 13.7 Å². The smallest absolute Gasteiger partial charge is 0.122 e. The van der Waals surface area contributed by atoms with Crippen LogP contribution < -0.4 is 10.1 Å². The number of ether oxygens (including phenoxy) is 1. The molecule has 0 aliphatic carbocycles. The van der Waals surface area contributed by atoms with Crippen molar-refractivity contribution < 1.29 is 4.74 Å². The number of methoxy groups -OCH3 is 1. The summed E-state index contributed by atoms with van der Waals surface area (Å²) in [6.45, 7) is 7.16. The van der Waals surface area contributed by atoms with Crippen molar-refractivity contribution in [3.63, 3.8) is 0 Å². The minimum atomic E-state index is 0.0650. The number of halogens is 1. The third-order valence-corrected chi connectivity index (χ3v) is 4.23. The van der Waals surface area contributed by atoms with Crippen molar-refractivity contribution in [1.82, 2.24) is 10.3 Å². The van der Waals surface area contributed by atoms with Crippen LogP contribution in [0.4, 0.5) is 0 Å². The first kappa shape index (κ1) is 16.0. The standard InChI is InChI=1S/C17H21BrN2O/c1-5-19-16(17-14(18)7-6-8-20-17)13-9-12(3)15(21-4)10-11(13)2/h6-10,16,19H,5H2,1-4H3. The maximum atomic E-state index is 5.40. The molecule has 1 aromatic carbocycles. The van der Waals surface area contributed by atoms with E-state index in [1.54, 1.807) is 7.11 Å². The Labute approximate surface area is 134 Å². The van der Waals surface area contributed by atoms with Gasteiger partial charge in [-0.15, -0.1) is 0 Å². The molecule has 0 aliphatic heterocycles. The molecule has 0 saturated carbocycles. The van der Waals surface area contributed by atoms with Gasteiger partial charge < -0.3 is 10.1 Å². The lowest BCUT2D eigenvalue weighted by molar-refractivity contribution is 0.411. The summed E-state index contributed by atoms with van der Waals surface area (Å²) >= 11 is 3.61. The molecule has 112 valence electrons. The van der Waals surface area contributed by atoms with Crippen LogP contribution in [0.1, 0.15) is 35.3 Å². The number of hydrogen-bond acceptors (Lipinski definition) is 3. The van der Waals surface area contributed by atoms with Crippen LogP contribution >= 0.6 is 15.9 Å². The highest BCUT2D eigenvalue weighted by Gasteiger charge is 2.20. The molecular weight excluding hydrogens is 328 g/mol. The second-order valence-electron chi connectivity index (χ2n) is 5.04. The van der Waals surface area contributed by atoms with E-state index in [1.807, 2.05) is 18.3 Å². The molecule has 1 N–H and O–H groups in total. The molecular formula is C17H21BrN2O. The van der Waals surface area contributed by atoms with E-state index in [0.29, 0.717) is 0 Å². The topological polar surface area (TPSA) is 34.1 Å². The van der Waals surface area contributed by atoms with Crippen LogP contribution in [-0.2, 0) is 0 Å². The van der Waals surface area contributed by atoms with Crippen LogP contribution in [0.5, 0.6) is 5.75 Å². The Hall–Kier alpha value is -1.39. The van der Waals surface area contributed by atoms with E-state index in [4.69, 9.17) is 4.74 Å². The van der Waals surface area contributed by atoms with Crippen molar-refractivity contribution in [2.45, 2.75) is 26.8 Å². The third kappa shape index (κ3) is 3.44. The zero-order valence-electron chi connectivity index (χ0n) is 12.9. The van der Waals surface area contributed by atoms with Crippen LogP contribution in [0.3, 0.4) is 0 Å². The Balaban J connectivity index is 2.53. The Bertz CT molecular complexity index is 628. The SMILES string of the molecule is CCNC(c1cc(C)c(OC)cc1C)c1ncccc1Br. The summed E-state index contributed by atoms with van der Waals surface area (Å²) in [5.74, 6) is 0.923. The summed E-state index contributed by atoms with van der Waals surface area (Å²) in [5, 5.41) is 3.53. The van der Waals surface area contributed by atoms with E-state index in [1.165, 1.54) is 11.1 Å². The first-order valence-electron chi connectivity index (χ1n) is 7.07. The molecule has 0 fully saturated rings. The van der Waals surface area contributed by atoms with Crippen molar-refractivity contribution in [3.05, 3.63) is 57.3 Å². The summed E-state index contributed by atoms with van der Waals surface area (Å²) in [6.07, 6.45) is 1.83. The number of aromatic nitrogens is 1. The maximum Gasteiger partial charge on any atom is 0.122 e. The first-order chi connectivity index (χ1) is 10.1. The molecule has 1 atom stereocenters. The molecule has 0 aliphatic rings. The van der Waals surface area contributed by atoms with Crippen LogP contribution in [0, 0.1) is 13.8 Å². The third-order valence-electron chi connectivity index (χ3n) is 3.56. The monoisotopic (exact) mass is 348 g/mol. The van der Waals surface area contributed by atoms with Gasteiger partial charge in [0.1, 0.15) is 5.75 Å². The Morgan fingerprint density at radius 2 is 2.05 bits per heavy atom. The first-order valence-corrected chi connectivity index (χ1v) is 7.86. The number of pyridine rings is 1. The predicted molar refractivity (Wildman–Crippen MR) is 89.9 cm³/mol. The fraction of sp³-hybridized carbons (Fsp3) is 0.353. The van der Waals surface area contributed by atoms with Gasteiger partial charge in [-0.25, -0.2) is 0 Å². The average Bonchev–Trinajstić information content (AvgIpc) is 2.48. The van der Waals surface area contributed by atoms with Gasteiger partial charge in [-0.1, -0.05) is 13.0 Å². The molecule has 0 bridgehead atoms. The largest absolute Gasteiger partial charge is 0.496 e. The Morgan fingerprint density at radius 3 is 2.67 bits per heavy atom. The highest BCUT2D eigenvalue weighted by molar-refractivity contribution is 9.10. The lowest BCUT2D eigenvalue weighted by Gasteiger charge is -2.22. The summed E-state index contributed by atoms with van der Waals surface area (Å²) in [5.41, 5.74) is 4.57. The quantitative estimate of drug-likeness (QED) is 0.880. The van der Waals surface area contributed by atoms with Gasteiger partial charge in [0.2, 0.25) is 0 Å². The number of hydrogen-bond donors (Lipinski definition) is 1. The van der Waals surface area contributed by atoms with Gasteiger partial charge in [-0.3, -0.25) is 4.98 Å². The Kier molecular flexibility index (Phi) is 5.37. The molecule has 1 aromatic heterocycles. The summed E-state index contributed by atoms with van der Waals surface area (Å²) in [7, 11) is 1.71. The number of benzene rings is 1. The van der Waals surface area contributed by atoms with E-state index in [9.17, 15) is 0 Å². The number of aryl methyl sites for hydroxylation is 2. The van der Waals surface area contributed by atoms with Crippen molar-refractivity contribution in [2.24, 2.45) is 0 Å². The minimum Gasteiger partial charge on any atom is -0.496 e. The lowest BCUT2D eigenvalue weighted by Crippen LogP contribution is -2.24. The number of rotatable bonds is 5. The van der Waals surface area contributed by atoms with Crippen LogP contribution in [-0.4, -0.2) is 18.6 Å². The summed E-state index contributed by atoms with van der Waals surface area (Å²) < 4.78 is 6.42. The van der Waals surface area contributed by atoms with Crippen molar-refractivity contribution in [1.29, 1.82) is 0 Å². The van der Waals surface area contributed by atoms with E-state index in [0.717, 1.165) is 28.0 Å².